The van der Waals surface area contributed by atoms with E-state index in [0.717, 1.165) is 60.4 Å². The summed E-state index contributed by atoms with van der Waals surface area (Å²) < 4.78 is 29.1. The lowest BCUT2D eigenvalue weighted by Gasteiger charge is -2.15. The Balaban J connectivity index is 1.54. The Hall–Kier alpha value is -2.67. The number of carbonyl (C=O) groups excluding carboxylic acids is 1. The van der Waals surface area contributed by atoms with E-state index in [-0.39, 0.29) is 11.4 Å². The van der Waals surface area contributed by atoms with Crippen LogP contribution in [0.25, 0.3) is 5.69 Å². The van der Waals surface area contributed by atoms with Gasteiger partial charge in [0.1, 0.15) is 11.6 Å². The molecule has 7 heteroatoms. The molecule has 1 N–H and O–H groups in total. The molecule has 144 valence electrons. The molecule has 0 aliphatic heterocycles. The summed E-state index contributed by atoms with van der Waals surface area (Å²) in [4.78, 5) is 17.0. The number of anilines is 1. The molecule has 0 spiro atoms. The van der Waals surface area contributed by atoms with Crippen LogP contribution in [0.15, 0.2) is 53.7 Å². The van der Waals surface area contributed by atoms with E-state index in [9.17, 15) is 13.6 Å². The van der Waals surface area contributed by atoms with E-state index in [1.54, 1.807) is 0 Å². The molecule has 0 bridgehead atoms. The maximum absolute atomic E-state index is 13.7. The van der Waals surface area contributed by atoms with Crippen molar-refractivity contribution in [3.63, 3.8) is 0 Å². The second-order valence-electron chi connectivity index (χ2n) is 6.63. The maximum atomic E-state index is 13.7. The third-order valence-electron chi connectivity index (χ3n) is 4.65. The first-order valence-electron chi connectivity index (χ1n) is 9.15. The topological polar surface area (TPSA) is 46.9 Å². The summed E-state index contributed by atoms with van der Waals surface area (Å²) in [6.45, 7) is 0. The van der Waals surface area contributed by atoms with Crippen molar-refractivity contribution >= 4 is 23.4 Å². The molecule has 1 amide bonds. The van der Waals surface area contributed by atoms with E-state index in [0.29, 0.717) is 0 Å². The van der Waals surface area contributed by atoms with Crippen LogP contribution in [-0.2, 0) is 17.6 Å². The highest BCUT2D eigenvalue weighted by molar-refractivity contribution is 7.99. The molecule has 0 saturated heterocycles. The summed E-state index contributed by atoms with van der Waals surface area (Å²) >= 11 is 1.30. The normalized spacial score (nSPS) is 13.2. The van der Waals surface area contributed by atoms with Crippen molar-refractivity contribution in [3.05, 3.63) is 71.6 Å². The van der Waals surface area contributed by atoms with Crippen LogP contribution in [0.2, 0.25) is 0 Å². The average Bonchev–Trinajstić information content (AvgIpc) is 3.08. The number of aryl methyl sites for hydroxylation is 1. The van der Waals surface area contributed by atoms with Gasteiger partial charge in [0.25, 0.3) is 0 Å². The zero-order valence-corrected chi connectivity index (χ0v) is 15.9. The molecule has 1 heterocycles. The number of halogens is 2. The first kappa shape index (κ1) is 18.7. The standard InChI is InChI=1S/C21H19F2N3OS/c22-14-10-11-16(23)18(12-14)24-20(27)13-28-21-25-17-8-4-5-9-19(17)26(21)15-6-2-1-3-7-15/h1-3,6-7,10-12H,4-5,8-9,13H2,(H,24,27). The highest BCUT2D eigenvalue weighted by Gasteiger charge is 2.22. The van der Waals surface area contributed by atoms with Crippen LogP contribution >= 0.6 is 11.8 Å². The lowest BCUT2D eigenvalue weighted by molar-refractivity contribution is -0.113. The Labute approximate surface area is 166 Å². The summed E-state index contributed by atoms with van der Waals surface area (Å²) in [7, 11) is 0. The van der Waals surface area contributed by atoms with E-state index < -0.39 is 17.5 Å². The predicted octanol–water partition coefficient (Wildman–Crippen LogP) is 4.76. The van der Waals surface area contributed by atoms with Crippen LogP contribution in [0.3, 0.4) is 0 Å². The monoisotopic (exact) mass is 399 g/mol. The molecule has 1 aliphatic rings. The van der Waals surface area contributed by atoms with Crippen LogP contribution in [0.4, 0.5) is 14.5 Å². The molecular weight excluding hydrogens is 380 g/mol. The fourth-order valence-electron chi connectivity index (χ4n) is 3.37. The van der Waals surface area contributed by atoms with Gasteiger partial charge in [0.15, 0.2) is 5.16 Å². The number of rotatable bonds is 5. The minimum atomic E-state index is -0.666. The lowest BCUT2D eigenvalue weighted by atomic mass is 10.0. The minimum Gasteiger partial charge on any atom is -0.323 e. The van der Waals surface area contributed by atoms with Crippen molar-refractivity contribution in [1.82, 2.24) is 9.55 Å². The van der Waals surface area contributed by atoms with Gasteiger partial charge in [0, 0.05) is 17.4 Å². The minimum absolute atomic E-state index is 0.0542. The van der Waals surface area contributed by atoms with Crippen molar-refractivity contribution in [2.45, 2.75) is 30.8 Å². The molecule has 2 aromatic carbocycles. The number of carbonyl (C=O) groups is 1. The molecule has 28 heavy (non-hydrogen) atoms. The van der Waals surface area contributed by atoms with Crippen molar-refractivity contribution in [1.29, 1.82) is 0 Å². The number of imidazole rings is 1. The Morgan fingerprint density at radius 2 is 1.89 bits per heavy atom. The maximum Gasteiger partial charge on any atom is 0.234 e. The largest absolute Gasteiger partial charge is 0.323 e. The molecule has 4 nitrogen and oxygen atoms in total. The van der Waals surface area contributed by atoms with Crippen LogP contribution in [0, 0.1) is 11.6 Å². The van der Waals surface area contributed by atoms with E-state index in [4.69, 9.17) is 4.98 Å². The van der Waals surface area contributed by atoms with E-state index in [1.165, 1.54) is 17.5 Å². The number of benzene rings is 2. The SMILES string of the molecule is O=C(CSc1nc2c(n1-c1ccccc1)CCCC2)Nc1cc(F)ccc1F. The van der Waals surface area contributed by atoms with Crippen molar-refractivity contribution in [3.8, 4) is 5.69 Å². The quantitative estimate of drug-likeness (QED) is 0.629. The molecule has 0 atom stereocenters. The predicted molar refractivity (Wildman–Crippen MR) is 106 cm³/mol. The summed E-state index contributed by atoms with van der Waals surface area (Å²) in [5.74, 6) is -1.62. The second-order valence-corrected chi connectivity index (χ2v) is 7.57. The molecular formula is C21H19F2N3OS. The summed E-state index contributed by atoms with van der Waals surface area (Å²) in [5.41, 5.74) is 3.12. The second kappa shape index (κ2) is 8.14. The average molecular weight is 399 g/mol. The Morgan fingerprint density at radius 1 is 1.11 bits per heavy atom. The summed E-state index contributed by atoms with van der Waals surface area (Å²) in [5, 5.41) is 3.17. The lowest BCUT2D eigenvalue weighted by Crippen LogP contribution is -2.16. The van der Waals surface area contributed by atoms with Gasteiger partial charge in [0.2, 0.25) is 5.91 Å². The molecule has 0 unspecified atom stereocenters. The van der Waals surface area contributed by atoms with Gasteiger partial charge < -0.3 is 5.32 Å². The highest BCUT2D eigenvalue weighted by Crippen LogP contribution is 2.30. The molecule has 0 fully saturated rings. The molecule has 0 radical (unpaired) electrons. The first-order chi connectivity index (χ1) is 13.6. The van der Waals surface area contributed by atoms with Crippen LogP contribution in [0.5, 0.6) is 0 Å². The zero-order chi connectivity index (χ0) is 19.5. The van der Waals surface area contributed by atoms with Crippen LogP contribution < -0.4 is 5.32 Å². The number of thioether (sulfide) groups is 1. The number of nitrogens with one attached hydrogen (secondary N) is 1. The molecule has 0 saturated carbocycles. The van der Waals surface area contributed by atoms with Gasteiger partial charge in [-0.2, -0.15) is 0 Å². The fourth-order valence-corrected chi connectivity index (χ4v) is 4.22. The van der Waals surface area contributed by atoms with E-state index in [2.05, 4.69) is 9.88 Å². The zero-order valence-electron chi connectivity index (χ0n) is 15.1. The van der Waals surface area contributed by atoms with Gasteiger partial charge in [0.05, 0.1) is 17.1 Å². The van der Waals surface area contributed by atoms with Gasteiger partial charge in [-0.15, -0.1) is 0 Å². The van der Waals surface area contributed by atoms with Gasteiger partial charge in [-0.05, 0) is 49.9 Å². The van der Waals surface area contributed by atoms with Gasteiger partial charge in [-0.1, -0.05) is 30.0 Å². The Bertz CT molecular complexity index is 1000. The third-order valence-corrected chi connectivity index (χ3v) is 5.59. The molecule has 1 aliphatic carbocycles. The van der Waals surface area contributed by atoms with E-state index in [1.807, 2.05) is 30.3 Å². The van der Waals surface area contributed by atoms with Crippen molar-refractivity contribution in [2.75, 3.05) is 11.1 Å². The van der Waals surface area contributed by atoms with Crippen molar-refractivity contribution in [2.24, 2.45) is 0 Å². The number of amides is 1. The number of hydrogen-bond acceptors (Lipinski definition) is 3. The summed E-state index contributed by atoms with van der Waals surface area (Å²) in [6, 6.07) is 12.9. The fraction of sp³-hybridized carbons (Fsp3) is 0.238. The Morgan fingerprint density at radius 3 is 2.71 bits per heavy atom. The van der Waals surface area contributed by atoms with Gasteiger partial charge >= 0.3 is 0 Å². The Kier molecular flexibility index (Phi) is 5.43. The highest BCUT2D eigenvalue weighted by atomic mass is 32.2. The number of para-hydroxylation sites is 1. The number of nitrogens with zero attached hydrogens (tertiary/aromatic N) is 2. The van der Waals surface area contributed by atoms with Gasteiger partial charge in [-0.3, -0.25) is 9.36 Å². The van der Waals surface area contributed by atoms with Crippen LogP contribution in [-0.4, -0.2) is 21.2 Å². The number of hydrogen-bond donors (Lipinski definition) is 1. The third kappa shape index (κ3) is 3.94. The van der Waals surface area contributed by atoms with E-state index >= 15 is 0 Å². The molecule has 1 aromatic heterocycles. The molecule has 3 aromatic rings. The number of aromatic nitrogens is 2. The van der Waals surface area contributed by atoms with Crippen LogP contribution in [0.1, 0.15) is 24.2 Å². The number of fused-ring (bicyclic) bond motifs is 1. The summed E-state index contributed by atoms with van der Waals surface area (Å²) in [6.07, 6.45) is 4.12. The van der Waals surface area contributed by atoms with Gasteiger partial charge in [-0.25, -0.2) is 13.8 Å². The smallest absolute Gasteiger partial charge is 0.234 e. The van der Waals surface area contributed by atoms with Crippen molar-refractivity contribution < 1.29 is 13.6 Å². The first-order valence-corrected chi connectivity index (χ1v) is 10.1. The molecule has 4 rings (SSSR count).